The van der Waals surface area contributed by atoms with Crippen molar-refractivity contribution in [2.75, 3.05) is 33.7 Å². The van der Waals surface area contributed by atoms with Crippen molar-refractivity contribution in [3.8, 4) is 0 Å². The fourth-order valence-corrected chi connectivity index (χ4v) is 1.85. The summed E-state index contributed by atoms with van der Waals surface area (Å²) in [5, 5.41) is 13.9. The Morgan fingerprint density at radius 3 is 2.50 bits per heavy atom. The van der Waals surface area contributed by atoms with E-state index in [1.165, 1.54) is 6.42 Å². The van der Waals surface area contributed by atoms with Crippen molar-refractivity contribution < 1.29 is 5.11 Å². The summed E-state index contributed by atoms with van der Waals surface area (Å²) in [5.41, 5.74) is 0.903. The van der Waals surface area contributed by atoms with Gasteiger partial charge in [-0.15, -0.1) is 0 Å². The maximum atomic E-state index is 9.94. The Kier molecular flexibility index (Phi) is 7.28. The first kappa shape index (κ1) is 15.4. The molecule has 3 nitrogen and oxygen atoms in total. The standard InChI is InChI=1S/C14H23ClN2O/c1-17(2)10-4-3-9-16-11-14(18)12-5-7-13(15)8-6-12/h5-8,14,16,18H,3-4,9-11H2,1-2H3. The molecular formula is C14H23ClN2O. The van der Waals surface area contributed by atoms with Crippen molar-refractivity contribution in [1.29, 1.82) is 0 Å². The van der Waals surface area contributed by atoms with Gasteiger partial charge in [-0.2, -0.15) is 0 Å². The van der Waals surface area contributed by atoms with Gasteiger partial charge in [-0.25, -0.2) is 0 Å². The van der Waals surface area contributed by atoms with Gasteiger partial charge in [-0.3, -0.25) is 0 Å². The van der Waals surface area contributed by atoms with Gasteiger partial charge in [0.1, 0.15) is 0 Å². The van der Waals surface area contributed by atoms with Crippen molar-refractivity contribution in [3.63, 3.8) is 0 Å². The van der Waals surface area contributed by atoms with Crippen LogP contribution in [0.15, 0.2) is 24.3 Å². The van der Waals surface area contributed by atoms with Crippen LogP contribution in [0.2, 0.25) is 5.02 Å². The minimum Gasteiger partial charge on any atom is -0.387 e. The summed E-state index contributed by atoms with van der Waals surface area (Å²) in [6.45, 7) is 2.64. The second-order valence-electron chi connectivity index (χ2n) is 4.78. The number of halogens is 1. The number of aliphatic hydroxyl groups excluding tert-OH is 1. The monoisotopic (exact) mass is 270 g/mol. The van der Waals surface area contributed by atoms with Gasteiger partial charge in [0.15, 0.2) is 0 Å². The van der Waals surface area contributed by atoms with E-state index in [0.29, 0.717) is 11.6 Å². The number of aliphatic hydroxyl groups is 1. The fraction of sp³-hybridized carbons (Fsp3) is 0.571. The third-order valence-electron chi connectivity index (χ3n) is 2.80. The number of unbranched alkanes of at least 4 members (excludes halogenated alkanes) is 1. The molecule has 0 aliphatic carbocycles. The van der Waals surface area contributed by atoms with Crippen molar-refractivity contribution in [1.82, 2.24) is 10.2 Å². The average Bonchev–Trinajstić information content (AvgIpc) is 2.34. The van der Waals surface area contributed by atoms with Gasteiger partial charge < -0.3 is 15.3 Å². The molecule has 1 aromatic carbocycles. The van der Waals surface area contributed by atoms with Crippen LogP contribution >= 0.6 is 11.6 Å². The van der Waals surface area contributed by atoms with Crippen molar-refractivity contribution >= 4 is 11.6 Å². The van der Waals surface area contributed by atoms with Gasteiger partial charge in [-0.1, -0.05) is 23.7 Å². The molecule has 2 N–H and O–H groups in total. The first-order chi connectivity index (χ1) is 8.59. The highest BCUT2D eigenvalue weighted by Crippen LogP contribution is 2.15. The van der Waals surface area contributed by atoms with Crippen LogP contribution in [0.1, 0.15) is 24.5 Å². The van der Waals surface area contributed by atoms with E-state index < -0.39 is 6.10 Å². The smallest absolute Gasteiger partial charge is 0.0914 e. The maximum absolute atomic E-state index is 9.94. The van der Waals surface area contributed by atoms with Crippen LogP contribution in [-0.4, -0.2) is 43.7 Å². The van der Waals surface area contributed by atoms with E-state index in [2.05, 4.69) is 24.3 Å². The molecule has 0 saturated heterocycles. The SMILES string of the molecule is CN(C)CCCCNCC(O)c1ccc(Cl)cc1. The molecule has 0 aromatic heterocycles. The van der Waals surface area contributed by atoms with Crippen LogP contribution in [0.4, 0.5) is 0 Å². The van der Waals surface area contributed by atoms with E-state index in [0.717, 1.165) is 25.1 Å². The van der Waals surface area contributed by atoms with E-state index >= 15 is 0 Å². The Labute approximate surface area is 115 Å². The normalized spacial score (nSPS) is 12.9. The molecule has 0 aliphatic heterocycles. The number of rotatable bonds is 8. The lowest BCUT2D eigenvalue weighted by Gasteiger charge is -2.13. The molecular weight excluding hydrogens is 248 g/mol. The van der Waals surface area contributed by atoms with Crippen LogP contribution in [0.3, 0.4) is 0 Å². The Balaban J connectivity index is 2.13. The van der Waals surface area contributed by atoms with Gasteiger partial charge in [0, 0.05) is 11.6 Å². The third kappa shape index (κ3) is 6.36. The predicted octanol–water partition coefficient (Wildman–Crippen LogP) is 2.30. The molecule has 1 unspecified atom stereocenters. The van der Waals surface area contributed by atoms with E-state index in [4.69, 9.17) is 11.6 Å². The molecule has 4 heteroatoms. The predicted molar refractivity (Wildman–Crippen MR) is 77.1 cm³/mol. The molecule has 0 heterocycles. The molecule has 102 valence electrons. The summed E-state index contributed by atoms with van der Waals surface area (Å²) < 4.78 is 0. The van der Waals surface area contributed by atoms with Gasteiger partial charge in [0.05, 0.1) is 6.10 Å². The summed E-state index contributed by atoms with van der Waals surface area (Å²) in [6.07, 6.45) is 1.85. The highest BCUT2D eigenvalue weighted by molar-refractivity contribution is 6.30. The molecule has 1 aromatic rings. The zero-order valence-corrected chi connectivity index (χ0v) is 12.0. The van der Waals surface area contributed by atoms with Crippen LogP contribution in [0.25, 0.3) is 0 Å². The minimum absolute atomic E-state index is 0.462. The first-order valence-electron chi connectivity index (χ1n) is 6.38. The number of benzene rings is 1. The Bertz CT molecular complexity index is 327. The lowest BCUT2D eigenvalue weighted by atomic mass is 10.1. The van der Waals surface area contributed by atoms with E-state index in [1.54, 1.807) is 12.1 Å². The summed E-state index contributed by atoms with van der Waals surface area (Å²) in [4.78, 5) is 2.18. The third-order valence-corrected chi connectivity index (χ3v) is 3.05. The molecule has 0 saturated carbocycles. The van der Waals surface area contributed by atoms with Crippen LogP contribution < -0.4 is 5.32 Å². The van der Waals surface area contributed by atoms with Crippen molar-refractivity contribution in [2.45, 2.75) is 18.9 Å². The molecule has 1 rings (SSSR count). The molecule has 0 amide bonds. The number of hydrogen-bond donors (Lipinski definition) is 2. The lowest BCUT2D eigenvalue weighted by Crippen LogP contribution is -2.23. The molecule has 0 radical (unpaired) electrons. The second kappa shape index (κ2) is 8.48. The van der Waals surface area contributed by atoms with E-state index in [9.17, 15) is 5.11 Å². The van der Waals surface area contributed by atoms with E-state index in [-0.39, 0.29) is 0 Å². The largest absolute Gasteiger partial charge is 0.387 e. The topological polar surface area (TPSA) is 35.5 Å². The van der Waals surface area contributed by atoms with Crippen LogP contribution in [0.5, 0.6) is 0 Å². The molecule has 0 fully saturated rings. The number of hydrogen-bond acceptors (Lipinski definition) is 3. The zero-order chi connectivity index (χ0) is 13.4. The zero-order valence-electron chi connectivity index (χ0n) is 11.2. The van der Waals surface area contributed by atoms with Gasteiger partial charge in [0.25, 0.3) is 0 Å². The van der Waals surface area contributed by atoms with Crippen molar-refractivity contribution in [2.24, 2.45) is 0 Å². The molecule has 0 spiro atoms. The Morgan fingerprint density at radius 1 is 1.22 bits per heavy atom. The molecule has 0 aliphatic rings. The molecule has 1 atom stereocenters. The summed E-state index contributed by atoms with van der Waals surface area (Å²) in [7, 11) is 4.16. The van der Waals surface area contributed by atoms with Gasteiger partial charge in [-0.05, 0) is 57.7 Å². The summed E-state index contributed by atoms with van der Waals surface area (Å²) in [6, 6.07) is 7.33. The Morgan fingerprint density at radius 2 is 1.89 bits per heavy atom. The van der Waals surface area contributed by atoms with Crippen LogP contribution in [-0.2, 0) is 0 Å². The van der Waals surface area contributed by atoms with E-state index in [1.807, 2.05) is 12.1 Å². The summed E-state index contributed by atoms with van der Waals surface area (Å²) >= 11 is 5.80. The molecule has 0 bridgehead atoms. The lowest BCUT2D eigenvalue weighted by molar-refractivity contribution is 0.174. The van der Waals surface area contributed by atoms with Gasteiger partial charge in [0.2, 0.25) is 0 Å². The fourth-order valence-electron chi connectivity index (χ4n) is 1.72. The highest BCUT2D eigenvalue weighted by atomic mass is 35.5. The van der Waals surface area contributed by atoms with Crippen LogP contribution in [0, 0.1) is 0 Å². The minimum atomic E-state index is -0.462. The first-order valence-corrected chi connectivity index (χ1v) is 6.76. The Hall–Kier alpha value is -0.610. The summed E-state index contributed by atoms with van der Waals surface area (Å²) in [5.74, 6) is 0. The average molecular weight is 271 g/mol. The highest BCUT2D eigenvalue weighted by Gasteiger charge is 2.06. The maximum Gasteiger partial charge on any atom is 0.0914 e. The number of nitrogens with zero attached hydrogens (tertiary/aromatic N) is 1. The molecule has 18 heavy (non-hydrogen) atoms. The van der Waals surface area contributed by atoms with Crippen molar-refractivity contribution in [3.05, 3.63) is 34.9 Å². The quantitative estimate of drug-likeness (QED) is 0.712. The second-order valence-corrected chi connectivity index (χ2v) is 5.22. The number of nitrogens with one attached hydrogen (secondary N) is 1. The van der Waals surface area contributed by atoms with Gasteiger partial charge >= 0.3 is 0 Å².